The zero-order valence-corrected chi connectivity index (χ0v) is 23.1. The third-order valence-electron chi connectivity index (χ3n) is 8.83. The molecule has 0 radical (unpaired) electrons. The molecule has 3 N–H and O–H groups in total. The van der Waals surface area contributed by atoms with E-state index in [0.29, 0.717) is 42.2 Å². The molecule has 3 unspecified atom stereocenters. The third-order valence-corrected chi connectivity index (χ3v) is 9.16. The van der Waals surface area contributed by atoms with Crippen molar-refractivity contribution in [1.29, 1.82) is 0 Å². The molecule has 8 nitrogen and oxygen atoms in total. The summed E-state index contributed by atoms with van der Waals surface area (Å²) >= 11 is 6.35. The minimum atomic E-state index is -1.12. The Kier molecular flexibility index (Phi) is 7.73. The van der Waals surface area contributed by atoms with Crippen molar-refractivity contribution in [2.45, 2.75) is 63.2 Å². The van der Waals surface area contributed by atoms with Crippen LogP contribution in [-0.4, -0.2) is 58.1 Å². The quantitative estimate of drug-likeness (QED) is 0.376. The van der Waals surface area contributed by atoms with Gasteiger partial charge in [0, 0.05) is 18.8 Å². The number of benzene rings is 2. The summed E-state index contributed by atoms with van der Waals surface area (Å²) in [5.74, 6) is -2.43. The molecule has 1 spiro atoms. The molecular formula is C30H36ClN3O5. The number of likely N-dealkylation sites (tertiary alicyclic amines) is 1. The van der Waals surface area contributed by atoms with Crippen LogP contribution < -0.4 is 10.6 Å². The number of rotatable bonds is 10. The number of ether oxygens (including phenoxy) is 1. The minimum absolute atomic E-state index is 0.0480. The summed E-state index contributed by atoms with van der Waals surface area (Å²) in [6.45, 7) is 4.41. The third kappa shape index (κ3) is 4.72. The minimum Gasteiger partial charge on any atom is -0.396 e. The van der Waals surface area contributed by atoms with Gasteiger partial charge in [0.05, 0.1) is 28.1 Å². The van der Waals surface area contributed by atoms with Gasteiger partial charge in [-0.05, 0) is 56.4 Å². The van der Waals surface area contributed by atoms with E-state index in [2.05, 4.69) is 10.6 Å². The first kappa shape index (κ1) is 27.6. The SMILES string of the molecule is CC1CC23O[C@]1(C)[C@@H](C(=O)Nc1ccccc1)[C@H]2C(=O)N(CCCCCCO)C3C(=O)Nc1ccccc1Cl. The number of aliphatic hydroxyl groups excluding tert-OH is 1. The number of unbranched alkanes of at least 4 members (excludes halogenated alkanes) is 3. The van der Waals surface area contributed by atoms with Crippen LogP contribution in [0, 0.1) is 17.8 Å². The van der Waals surface area contributed by atoms with Crippen LogP contribution in [0.25, 0.3) is 0 Å². The highest BCUT2D eigenvalue weighted by molar-refractivity contribution is 6.33. The van der Waals surface area contributed by atoms with Crippen molar-refractivity contribution in [1.82, 2.24) is 4.90 Å². The largest absolute Gasteiger partial charge is 0.396 e. The summed E-state index contributed by atoms with van der Waals surface area (Å²) in [4.78, 5) is 43.6. The van der Waals surface area contributed by atoms with E-state index in [-0.39, 0.29) is 30.2 Å². The fourth-order valence-electron chi connectivity index (χ4n) is 6.93. The first-order chi connectivity index (χ1) is 18.7. The van der Waals surface area contributed by atoms with Gasteiger partial charge < -0.3 is 25.4 Å². The van der Waals surface area contributed by atoms with Crippen molar-refractivity contribution in [2.75, 3.05) is 23.8 Å². The van der Waals surface area contributed by atoms with Crippen molar-refractivity contribution < 1.29 is 24.2 Å². The van der Waals surface area contributed by atoms with Gasteiger partial charge in [-0.3, -0.25) is 14.4 Å². The maximum atomic E-state index is 14.2. The molecule has 0 saturated carbocycles. The molecular weight excluding hydrogens is 518 g/mol. The van der Waals surface area contributed by atoms with E-state index in [1.54, 1.807) is 29.2 Å². The number of amides is 3. The van der Waals surface area contributed by atoms with E-state index in [0.717, 1.165) is 12.8 Å². The lowest BCUT2D eigenvalue weighted by atomic mass is 9.62. The van der Waals surface area contributed by atoms with Crippen LogP contribution in [0.2, 0.25) is 5.02 Å². The molecule has 0 aliphatic carbocycles. The summed E-state index contributed by atoms with van der Waals surface area (Å²) < 4.78 is 6.75. The van der Waals surface area contributed by atoms with E-state index in [9.17, 15) is 14.4 Å². The van der Waals surface area contributed by atoms with Crippen LogP contribution in [0.3, 0.4) is 0 Å². The van der Waals surface area contributed by atoms with Crippen LogP contribution in [0.1, 0.15) is 46.0 Å². The maximum Gasteiger partial charge on any atom is 0.250 e. The average molecular weight is 554 g/mol. The predicted molar refractivity (Wildman–Crippen MR) is 149 cm³/mol. The molecule has 3 heterocycles. The van der Waals surface area contributed by atoms with Gasteiger partial charge in [0.2, 0.25) is 17.7 Å². The fourth-order valence-corrected chi connectivity index (χ4v) is 7.12. The zero-order chi connectivity index (χ0) is 27.8. The number of hydrogen-bond acceptors (Lipinski definition) is 5. The monoisotopic (exact) mass is 553 g/mol. The molecule has 5 rings (SSSR count). The molecule has 3 aliphatic heterocycles. The van der Waals surface area contributed by atoms with Crippen LogP contribution in [0.15, 0.2) is 54.6 Å². The molecule has 0 aromatic heterocycles. The van der Waals surface area contributed by atoms with Crippen molar-refractivity contribution >= 4 is 40.7 Å². The van der Waals surface area contributed by atoms with Crippen LogP contribution in [0.5, 0.6) is 0 Å². The second kappa shape index (κ2) is 10.9. The molecule has 3 aliphatic rings. The highest BCUT2D eigenvalue weighted by Crippen LogP contribution is 2.65. The second-order valence-corrected chi connectivity index (χ2v) is 11.6. The number of nitrogens with one attached hydrogen (secondary N) is 2. The molecule has 9 heteroatoms. The fraction of sp³-hybridized carbons (Fsp3) is 0.500. The molecule has 3 saturated heterocycles. The van der Waals surface area contributed by atoms with Gasteiger partial charge in [0.1, 0.15) is 11.6 Å². The molecule has 39 heavy (non-hydrogen) atoms. The van der Waals surface area contributed by atoms with Crippen LogP contribution in [-0.2, 0) is 19.1 Å². The van der Waals surface area contributed by atoms with E-state index >= 15 is 0 Å². The summed E-state index contributed by atoms with van der Waals surface area (Å²) in [5.41, 5.74) is -0.908. The standard InChI is InChI=1S/C30H36ClN3O5/c1-19-18-30-24(23(29(19,2)39-30)26(36)32-20-12-6-5-7-13-20)28(38)34(16-10-3-4-11-17-35)25(30)27(37)33-22-15-9-8-14-21(22)31/h5-9,12-15,19,23-25,35H,3-4,10-11,16-18H2,1-2H3,(H,32,36)(H,33,37)/t19?,23-,24+,25?,29+,30?/m1/s1. The van der Waals surface area contributed by atoms with Gasteiger partial charge in [-0.15, -0.1) is 0 Å². The van der Waals surface area contributed by atoms with Crippen molar-refractivity contribution in [2.24, 2.45) is 17.8 Å². The molecule has 3 fully saturated rings. The molecule has 6 atom stereocenters. The van der Waals surface area contributed by atoms with Gasteiger partial charge in [-0.1, -0.05) is 61.7 Å². The first-order valence-electron chi connectivity index (χ1n) is 13.8. The molecule has 208 valence electrons. The Labute approximate surface area is 234 Å². The number of para-hydroxylation sites is 2. The Morgan fingerprint density at radius 1 is 1.03 bits per heavy atom. The lowest BCUT2D eigenvalue weighted by Gasteiger charge is -2.36. The first-order valence-corrected chi connectivity index (χ1v) is 14.1. The predicted octanol–water partition coefficient (Wildman–Crippen LogP) is 4.48. The molecule has 2 aromatic rings. The van der Waals surface area contributed by atoms with Gasteiger partial charge in [-0.2, -0.15) is 0 Å². The van der Waals surface area contributed by atoms with Gasteiger partial charge in [-0.25, -0.2) is 0 Å². The Morgan fingerprint density at radius 2 is 1.72 bits per heavy atom. The summed E-state index contributed by atoms with van der Waals surface area (Å²) in [7, 11) is 0. The number of aliphatic hydroxyl groups is 1. The van der Waals surface area contributed by atoms with Crippen molar-refractivity contribution in [3.8, 4) is 0 Å². The summed E-state index contributed by atoms with van der Waals surface area (Å²) in [6, 6.07) is 15.3. The van der Waals surface area contributed by atoms with Gasteiger partial charge in [0.15, 0.2) is 0 Å². The van der Waals surface area contributed by atoms with Crippen LogP contribution in [0.4, 0.5) is 11.4 Å². The van der Waals surface area contributed by atoms with E-state index < -0.39 is 29.1 Å². The second-order valence-electron chi connectivity index (χ2n) is 11.2. The Hall–Kier alpha value is -2.94. The van der Waals surface area contributed by atoms with E-state index in [1.807, 2.05) is 44.2 Å². The van der Waals surface area contributed by atoms with Gasteiger partial charge >= 0.3 is 0 Å². The zero-order valence-electron chi connectivity index (χ0n) is 22.4. The van der Waals surface area contributed by atoms with E-state index in [1.165, 1.54) is 0 Å². The number of anilines is 2. The highest BCUT2D eigenvalue weighted by Gasteiger charge is 2.79. The Balaban J connectivity index is 1.49. The normalized spacial score (nSPS) is 30.9. The lowest BCUT2D eigenvalue weighted by molar-refractivity contribution is -0.144. The van der Waals surface area contributed by atoms with Gasteiger partial charge in [0.25, 0.3) is 0 Å². The number of nitrogens with zero attached hydrogens (tertiary/aromatic N) is 1. The summed E-state index contributed by atoms with van der Waals surface area (Å²) in [5, 5.41) is 15.5. The summed E-state index contributed by atoms with van der Waals surface area (Å²) in [6.07, 6.45) is 3.51. The molecule has 3 amide bonds. The number of hydrogen-bond donors (Lipinski definition) is 3. The van der Waals surface area contributed by atoms with Crippen molar-refractivity contribution in [3.05, 3.63) is 59.6 Å². The van der Waals surface area contributed by atoms with Crippen molar-refractivity contribution in [3.63, 3.8) is 0 Å². The van der Waals surface area contributed by atoms with Crippen LogP contribution >= 0.6 is 11.6 Å². The lowest BCUT2D eigenvalue weighted by Crippen LogP contribution is -2.54. The molecule has 2 bridgehead atoms. The average Bonchev–Trinajstić information content (AvgIpc) is 3.42. The van der Waals surface area contributed by atoms with E-state index in [4.69, 9.17) is 21.4 Å². The number of halogens is 1. The topological polar surface area (TPSA) is 108 Å². The number of carbonyl (C=O) groups is 3. The maximum absolute atomic E-state index is 14.2. The number of carbonyl (C=O) groups excluding carboxylic acids is 3. The Morgan fingerprint density at radius 3 is 2.44 bits per heavy atom. The smallest absolute Gasteiger partial charge is 0.250 e. The number of fused-ring (bicyclic) bond motifs is 1. The molecule has 2 aromatic carbocycles. The Bertz CT molecular complexity index is 1240. The highest BCUT2D eigenvalue weighted by atomic mass is 35.5.